The summed E-state index contributed by atoms with van der Waals surface area (Å²) in [5, 5.41) is 11.2. The molecule has 0 fully saturated rings. The number of nitrogens with one attached hydrogen (secondary N) is 1. The molecule has 1 rings (SSSR count). The predicted molar refractivity (Wildman–Crippen MR) is 80.4 cm³/mol. The van der Waals surface area contributed by atoms with E-state index in [0.29, 0.717) is 11.1 Å². The summed E-state index contributed by atoms with van der Waals surface area (Å²) in [6, 6.07) is 1.94. The molecule has 0 aromatic carbocycles. The molecule has 2 N–H and O–H groups in total. The highest BCUT2D eigenvalue weighted by Gasteiger charge is 2.26. The van der Waals surface area contributed by atoms with Crippen LogP contribution in [0.25, 0.3) is 0 Å². The molecule has 8 heteroatoms. The molecule has 0 spiro atoms. The summed E-state index contributed by atoms with van der Waals surface area (Å²) in [7, 11) is 0. The van der Waals surface area contributed by atoms with Gasteiger partial charge < -0.3 is 19.6 Å². The molecule has 1 aromatic heterocycles. The Morgan fingerprint density at radius 1 is 1.41 bits per heavy atom. The SMILES string of the molecule is CCC(C)OC(=O)C(CCC(=O)O)NC(=O)c1ccc(Br)o1. The second-order valence-corrected chi connectivity index (χ2v) is 5.50. The van der Waals surface area contributed by atoms with Crippen molar-refractivity contribution in [3.05, 3.63) is 22.6 Å². The Morgan fingerprint density at radius 3 is 2.59 bits per heavy atom. The van der Waals surface area contributed by atoms with E-state index < -0.39 is 23.9 Å². The van der Waals surface area contributed by atoms with Gasteiger partial charge in [-0.1, -0.05) is 6.92 Å². The van der Waals surface area contributed by atoms with Crippen molar-refractivity contribution >= 4 is 33.8 Å². The van der Waals surface area contributed by atoms with Crippen LogP contribution in [0.15, 0.2) is 21.2 Å². The number of aliphatic carboxylic acids is 1. The number of hydrogen-bond donors (Lipinski definition) is 2. The largest absolute Gasteiger partial charge is 0.481 e. The first-order chi connectivity index (χ1) is 10.3. The van der Waals surface area contributed by atoms with Gasteiger partial charge in [0.15, 0.2) is 10.4 Å². The second-order valence-electron chi connectivity index (χ2n) is 4.72. The smallest absolute Gasteiger partial charge is 0.328 e. The van der Waals surface area contributed by atoms with Crippen molar-refractivity contribution < 1.29 is 28.6 Å². The number of carbonyl (C=O) groups excluding carboxylic acids is 2. The Morgan fingerprint density at radius 2 is 2.09 bits per heavy atom. The highest BCUT2D eigenvalue weighted by Crippen LogP contribution is 2.14. The molecule has 2 atom stereocenters. The van der Waals surface area contributed by atoms with Gasteiger partial charge in [0.1, 0.15) is 6.04 Å². The Bertz CT molecular complexity index is 541. The molecule has 0 radical (unpaired) electrons. The van der Waals surface area contributed by atoms with E-state index in [-0.39, 0.29) is 24.7 Å². The van der Waals surface area contributed by atoms with E-state index in [1.54, 1.807) is 13.0 Å². The maximum Gasteiger partial charge on any atom is 0.328 e. The van der Waals surface area contributed by atoms with Gasteiger partial charge in [-0.3, -0.25) is 9.59 Å². The van der Waals surface area contributed by atoms with Crippen LogP contribution in [0.5, 0.6) is 0 Å². The van der Waals surface area contributed by atoms with Gasteiger partial charge in [-0.25, -0.2) is 4.79 Å². The lowest BCUT2D eigenvalue weighted by atomic mass is 10.1. The quantitative estimate of drug-likeness (QED) is 0.675. The monoisotopic (exact) mass is 375 g/mol. The number of ether oxygens (including phenoxy) is 1. The highest BCUT2D eigenvalue weighted by atomic mass is 79.9. The number of carboxylic acids is 1. The third-order valence-corrected chi connectivity index (χ3v) is 3.35. The summed E-state index contributed by atoms with van der Waals surface area (Å²) < 4.78 is 10.6. The van der Waals surface area contributed by atoms with Crippen LogP contribution < -0.4 is 5.32 Å². The van der Waals surface area contributed by atoms with Gasteiger partial charge in [-0.15, -0.1) is 0 Å². The molecule has 0 aliphatic carbocycles. The van der Waals surface area contributed by atoms with Crippen molar-refractivity contribution in [3.63, 3.8) is 0 Å². The Kier molecular flexibility index (Phi) is 7.10. The van der Waals surface area contributed by atoms with E-state index in [9.17, 15) is 14.4 Å². The van der Waals surface area contributed by atoms with Crippen molar-refractivity contribution in [1.82, 2.24) is 5.32 Å². The molecule has 1 aromatic rings. The average molecular weight is 376 g/mol. The Labute approximate surface area is 136 Å². The van der Waals surface area contributed by atoms with Gasteiger partial charge in [0.05, 0.1) is 6.10 Å². The second kappa shape index (κ2) is 8.57. The molecular formula is C14H18BrNO6. The molecule has 122 valence electrons. The molecule has 0 bridgehead atoms. The van der Waals surface area contributed by atoms with E-state index in [1.807, 2.05) is 6.92 Å². The van der Waals surface area contributed by atoms with Gasteiger partial charge >= 0.3 is 11.9 Å². The molecule has 1 amide bonds. The Balaban J connectivity index is 2.74. The number of hydrogen-bond acceptors (Lipinski definition) is 5. The summed E-state index contributed by atoms with van der Waals surface area (Å²) >= 11 is 3.07. The highest BCUT2D eigenvalue weighted by molar-refractivity contribution is 9.10. The number of rotatable bonds is 8. The standard InChI is InChI=1S/C14H18BrNO6/c1-3-8(2)21-14(20)9(4-7-12(17)18)16-13(19)10-5-6-11(15)22-10/h5-6,8-9H,3-4,7H2,1-2H3,(H,16,19)(H,17,18). The van der Waals surface area contributed by atoms with Crippen molar-refractivity contribution in [1.29, 1.82) is 0 Å². The van der Waals surface area contributed by atoms with Crippen LogP contribution in [0.2, 0.25) is 0 Å². The van der Waals surface area contributed by atoms with E-state index >= 15 is 0 Å². The molecule has 2 unspecified atom stereocenters. The molecular weight excluding hydrogens is 358 g/mol. The molecule has 0 aliphatic rings. The third-order valence-electron chi connectivity index (χ3n) is 2.93. The van der Waals surface area contributed by atoms with Crippen molar-refractivity contribution in [2.45, 2.75) is 45.3 Å². The zero-order valence-electron chi connectivity index (χ0n) is 12.3. The van der Waals surface area contributed by atoms with Gasteiger partial charge in [-0.2, -0.15) is 0 Å². The number of esters is 1. The van der Waals surface area contributed by atoms with Gasteiger partial charge in [-0.05, 0) is 47.8 Å². The first kappa shape index (κ1) is 18.2. The minimum Gasteiger partial charge on any atom is -0.481 e. The predicted octanol–water partition coefficient (Wildman–Crippen LogP) is 2.35. The number of amides is 1. The number of halogens is 1. The first-order valence-electron chi connectivity index (χ1n) is 6.82. The fourth-order valence-corrected chi connectivity index (χ4v) is 1.85. The molecule has 1 heterocycles. The van der Waals surface area contributed by atoms with Crippen LogP contribution in [0, 0.1) is 0 Å². The van der Waals surface area contributed by atoms with Gasteiger partial charge in [0.25, 0.3) is 5.91 Å². The van der Waals surface area contributed by atoms with Gasteiger partial charge in [0.2, 0.25) is 0 Å². The Hall–Kier alpha value is -1.83. The molecule has 22 heavy (non-hydrogen) atoms. The molecule has 7 nitrogen and oxygen atoms in total. The summed E-state index contributed by atoms with van der Waals surface area (Å²) in [4.78, 5) is 34.7. The van der Waals surface area contributed by atoms with E-state index in [1.165, 1.54) is 6.07 Å². The maximum atomic E-state index is 12.0. The van der Waals surface area contributed by atoms with Crippen LogP contribution in [0.4, 0.5) is 0 Å². The molecule has 0 aliphatic heterocycles. The first-order valence-corrected chi connectivity index (χ1v) is 7.61. The van der Waals surface area contributed by atoms with E-state index in [4.69, 9.17) is 14.3 Å². The lowest BCUT2D eigenvalue weighted by Gasteiger charge is -2.19. The number of carbonyl (C=O) groups is 3. The number of carboxylic acid groups (broad SMARTS) is 1. The lowest BCUT2D eigenvalue weighted by Crippen LogP contribution is -2.43. The third kappa shape index (κ3) is 5.88. The molecule has 0 saturated heterocycles. The fraction of sp³-hybridized carbons (Fsp3) is 0.500. The summed E-state index contributed by atoms with van der Waals surface area (Å²) in [5.41, 5.74) is 0. The van der Waals surface area contributed by atoms with Crippen molar-refractivity contribution in [2.75, 3.05) is 0 Å². The minimum absolute atomic E-state index is 0.0172. The van der Waals surface area contributed by atoms with Crippen LogP contribution in [-0.2, 0) is 14.3 Å². The lowest BCUT2D eigenvalue weighted by molar-refractivity contribution is -0.151. The zero-order chi connectivity index (χ0) is 16.7. The zero-order valence-corrected chi connectivity index (χ0v) is 13.9. The normalized spacial score (nSPS) is 13.2. The summed E-state index contributed by atoms with van der Waals surface area (Å²) in [6.07, 6.45) is -0.00799. The fourth-order valence-electron chi connectivity index (χ4n) is 1.55. The summed E-state index contributed by atoms with van der Waals surface area (Å²) in [5.74, 6) is -2.31. The minimum atomic E-state index is -1.06. The molecule has 0 saturated carbocycles. The van der Waals surface area contributed by atoms with Crippen LogP contribution in [0.1, 0.15) is 43.7 Å². The van der Waals surface area contributed by atoms with Crippen LogP contribution in [0.3, 0.4) is 0 Å². The van der Waals surface area contributed by atoms with Crippen LogP contribution >= 0.6 is 15.9 Å². The van der Waals surface area contributed by atoms with Crippen molar-refractivity contribution in [2.24, 2.45) is 0 Å². The van der Waals surface area contributed by atoms with E-state index in [2.05, 4.69) is 21.2 Å². The maximum absolute atomic E-state index is 12.0. The van der Waals surface area contributed by atoms with Gasteiger partial charge in [0, 0.05) is 6.42 Å². The number of furan rings is 1. The van der Waals surface area contributed by atoms with Crippen LogP contribution in [-0.4, -0.2) is 35.1 Å². The van der Waals surface area contributed by atoms with Crippen molar-refractivity contribution in [3.8, 4) is 0 Å². The topological polar surface area (TPSA) is 106 Å². The van der Waals surface area contributed by atoms with E-state index in [0.717, 1.165) is 0 Å². The average Bonchev–Trinajstić information content (AvgIpc) is 2.89. The summed E-state index contributed by atoms with van der Waals surface area (Å²) in [6.45, 7) is 3.57.